The number of furan rings is 1. The molecule has 0 saturated carbocycles. The smallest absolute Gasteiger partial charge is 0.290 e. The molecule has 2 aliphatic heterocycles. The number of hydrogen-bond donors (Lipinski definition) is 0. The van der Waals surface area contributed by atoms with Gasteiger partial charge in [-0.2, -0.15) is 0 Å². The monoisotopic (exact) mass is 444 g/mol. The van der Waals surface area contributed by atoms with E-state index in [1.54, 1.807) is 12.1 Å². The van der Waals surface area contributed by atoms with Crippen LogP contribution in [0.2, 0.25) is 0 Å². The molecule has 3 heterocycles. The van der Waals surface area contributed by atoms with Gasteiger partial charge in [0.2, 0.25) is 0 Å². The van der Waals surface area contributed by atoms with E-state index in [9.17, 15) is 9.59 Å². The van der Waals surface area contributed by atoms with Gasteiger partial charge in [0.05, 0.1) is 12.3 Å². The number of carbonyl (C=O) groups is 2. The van der Waals surface area contributed by atoms with Crippen molar-refractivity contribution in [2.24, 2.45) is 0 Å². The van der Waals surface area contributed by atoms with Crippen molar-refractivity contribution in [3.05, 3.63) is 88.9 Å². The number of likely N-dealkylation sites (tertiary alicyclic amines) is 1. The van der Waals surface area contributed by atoms with E-state index >= 15 is 0 Å². The fourth-order valence-corrected chi connectivity index (χ4v) is 4.85. The standard InChI is InChI=1S/C27H28N2O4/c1-19-6-4-7-21(16-19)26-23-17-22(33-18-25(30)28-12-2-3-13-28)10-9-20(23)11-14-29(26)27(31)24-8-5-15-32-24/h4-10,15-17,26H,2-3,11-14,18H2,1H3. The second-order valence-corrected chi connectivity index (χ2v) is 8.78. The zero-order valence-electron chi connectivity index (χ0n) is 18.8. The van der Waals surface area contributed by atoms with E-state index in [-0.39, 0.29) is 24.5 Å². The molecule has 0 bridgehead atoms. The number of amides is 2. The number of benzene rings is 2. The highest BCUT2D eigenvalue weighted by Gasteiger charge is 2.34. The van der Waals surface area contributed by atoms with Crippen LogP contribution in [0.5, 0.6) is 5.75 Å². The summed E-state index contributed by atoms with van der Waals surface area (Å²) < 4.78 is 11.3. The van der Waals surface area contributed by atoms with Gasteiger partial charge in [0.1, 0.15) is 5.75 Å². The van der Waals surface area contributed by atoms with Crippen molar-refractivity contribution in [3.63, 3.8) is 0 Å². The van der Waals surface area contributed by atoms with Gasteiger partial charge in [-0.1, -0.05) is 35.9 Å². The second-order valence-electron chi connectivity index (χ2n) is 8.78. The van der Waals surface area contributed by atoms with Gasteiger partial charge in [0.25, 0.3) is 11.8 Å². The first kappa shape index (κ1) is 21.3. The fraction of sp³-hybridized carbons (Fsp3) is 0.333. The summed E-state index contributed by atoms with van der Waals surface area (Å²) in [6.07, 6.45) is 4.39. The van der Waals surface area contributed by atoms with Crippen LogP contribution < -0.4 is 4.74 Å². The summed E-state index contributed by atoms with van der Waals surface area (Å²) in [6.45, 7) is 4.30. The average molecular weight is 445 g/mol. The molecular formula is C27H28N2O4. The Hall–Kier alpha value is -3.54. The molecule has 5 rings (SSSR count). The number of aryl methyl sites for hydroxylation is 1. The molecule has 6 heteroatoms. The predicted molar refractivity (Wildman–Crippen MR) is 124 cm³/mol. The summed E-state index contributed by atoms with van der Waals surface area (Å²) in [6, 6.07) is 17.4. The lowest BCUT2D eigenvalue weighted by atomic mass is 9.87. The van der Waals surface area contributed by atoms with E-state index in [4.69, 9.17) is 9.15 Å². The molecule has 0 spiro atoms. The van der Waals surface area contributed by atoms with Crippen LogP contribution in [-0.2, 0) is 11.2 Å². The Balaban J connectivity index is 1.46. The van der Waals surface area contributed by atoms with Gasteiger partial charge in [0, 0.05) is 19.6 Å². The van der Waals surface area contributed by atoms with Gasteiger partial charge >= 0.3 is 0 Å². The zero-order chi connectivity index (χ0) is 22.8. The van der Waals surface area contributed by atoms with Crippen LogP contribution in [0.15, 0.2) is 65.3 Å². The van der Waals surface area contributed by atoms with E-state index in [1.807, 2.05) is 28.0 Å². The summed E-state index contributed by atoms with van der Waals surface area (Å²) in [5.74, 6) is 0.869. The van der Waals surface area contributed by atoms with Gasteiger partial charge in [-0.3, -0.25) is 9.59 Å². The van der Waals surface area contributed by atoms with Crippen molar-refractivity contribution < 1.29 is 18.7 Å². The highest BCUT2D eigenvalue weighted by atomic mass is 16.5. The van der Waals surface area contributed by atoms with E-state index in [0.29, 0.717) is 18.1 Å². The number of fused-ring (bicyclic) bond motifs is 1. The van der Waals surface area contributed by atoms with Crippen LogP contribution in [0.25, 0.3) is 0 Å². The highest BCUT2D eigenvalue weighted by Crippen LogP contribution is 2.38. The van der Waals surface area contributed by atoms with Crippen molar-refractivity contribution >= 4 is 11.8 Å². The van der Waals surface area contributed by atoms with Crippen molar-refractivity contribution in [1.29, 1.82) is 0 Å². The van der Waals surface area contributed by atoms with E-state index in [0.717, 1.165) is 49.0 Å². The third-order valence-electron chi connectivity index (χ3n) is 6.52. The third kappa shape index (κ3) is 4.38. The van der Waals surface area contributed by atoms with E-state index in [1.165, 1.54) is 11.8 Å². The first-order valence-electron chi connectivity index (χ1n) is 11.5. The number of ether oxygens (including phenoxy) is 1. The normalized spacial score (nSPS) is 17.7. The van der Waals surface area contributed by atoms with Gasteiger partial charge in [-0.15, -0.1) is 0 Å². The van der Waals surface area contributed by atoms with Crippen LogP contribution in [0.3, 0.4) is 0 Å². The molecule has 2 aliphatic rings. The fourth-order valence-electron chi connectivity index (χ4n) is 4.85. The largest absolute Gasteiger partial charge is 0.484 e. The SMILES string of the molecule is Cc1cccc(C2c3cc(OCC(=O)N4CCCC4)ccc3CCN2C(=O)c2ccco2)c1. The topological polar surface area (TPSA) is 63.0 Å². The highest BCUT2D eigenvalue weighted by molar-refractivity contribution is 5.92. The quantitative estimate of drug-likeness (QED) is 0.586. The third-order valence-corrected chi connectivity index (χ3v) is 6.52. The molecule has 2 aromatic carbocycles. The first-order chi connectivity index (χ1) is 16.1. The Kier molecular flexibility index (Phi) is 5.90. The molecule has 33 heavy (non-hydrogen) atoms. The van der Waals surface area contributed by atoms with Crippen LogP contribution in [-0.4, -0.2) is 47.9 Å². The Morgan fingerprint density at radius 2 is 1.88 bits per heavy atom. The molecule has 1 unspecified atom stereocenters. The Labute approximate surface area is 193 Å². The summed E-state index contributed by atoms with van der Waals surface area (Å²) in [7, 11) is 0. The van der Waals surface area contributed by atoms with Crippen molar-refractivity contribution in [2.45, 2.75) is 32.2 Å². The Morgan fingerprint density at radius 3 is 2.64 bits per heavy atom. The molecule has 0 N–H and O–H groups in total. The maximum Gasteiger partial charge on any atom is 0.290 e. The van der Waals surface area contributed by atoms with Gasteiger partial charge in [0.15, 0.2) is 12.4 Å². The number of rotatable bonds is 5. The van der Waals surface area contributed by atoms with Gasteiger partial charge in [-0.05, 0) is 67.1 Å². The average Bonchev–Trinajstić information content (AvgIpc) is 3.56. The van der Waals surface area contributed by atoms with Crippen LogP contribution in [0.1, 0.15) is 51.7 Å². The molecule has 6 nitrogen and oxygen atoms in total. The summed E-state index contributed by atoms with van der Waals surface area (Å²) in [5, 5.41) is 0. The lowest BCUT2D eigenvalue weighted by Crippen LogP contribution is -2.40. The zero-order valence-corrected chi connectivity index (χ0v) is 18.8. The maximum absolute atomic E-state index is 13.3. The van der Waals surface area contributed by atoms with Crippen LogP contribution in [0.4, 0.5) is 0 Å². The minimum atomic E-state index is -0.260. The molecule has 2 amide bonds. The second kappa shape index (κ2) is 9.14. The molecule has 0 aliphatic carbocycles. The minimum absolute atomic E-state index is 0.0232. The van der Waals surface area contributed by atoms with Crippen molar-refractivity contribution in [1.82, 2.24) is 9.80 Å². The molecule has 3 aromatic rings. The maximum atomic E-state index is 13.3. The Bertz CT molecular complexity index is 1150. The van der Waals surface area contributed by atoms with E-state index < -0.39 is 0 Å². The minimum Gasteiger partial charge on any atom is -0.484 e. The Morgan fingerprint density at radius 1 is 1.03 bits per heavy atom. The van der Waals surface area contributed by atoms with Crippen molar-refractivity contribution in [3.8, 4) is 5.75 Å². The molecular weight excluding hydrogens is 416 g/mol. The lowest BCUT2D eigenvalue weighted by Gasteiger charge is -2.37. The summed E-state index contributed by atoms with van der Waals surface area (Å²) in [4.78, 5) is 29.5. The summed E-state index contributed by atoms with van der Waals surface area (Å²) >= 11 is 0. The molecule has 1 fully saturated rings. The molecule has 170 valence electrons. The predicted octanol–water partition coefficient (Wildman–Crippen LogP) is 4.38. The molecule has 1 aromatic heterocycles. The number of carbonyl (C=O) groups excluding carboxylic acids is 2. The molecule has 0 radical (unpaired) electrons. The van der Waals surface area contributed by atoms with E-state index in [2.05, 4.69) is 31.2 Å². The van der Waals surface area contributed by atoms with Crippen molar-refractivity contribution in [2.75, 3.05) is 26.2 Å². The summed E-state index contributed by atoms with van der Waals surface area (Å²) in [5.41, 5.74) is 4.39. The molecule has 1 saturated heterocycles. The van der Waals surface area contributed by atoms with Gasteiger partial charge < -0.3 is 19.0 Å². The van der Waals surface area contributed by atoms with Crippen LogP contribution in [0, 0.1) is 6.92 Å². The number of nitrogens with zero attached hydrogens (tertiary/aromatic N) is 2. The number of hydrogen-bond acceptors (Lipinski definition) is 4. The van der Waals surface area contributed by atoms with Gasteiger partial charge in [-0.25, -0.2) is 0 Å². The lowest BCUT2D eigenvalue weighted by molar-refractivity contribution is -0.132. The van der Waals surface area contributed by atoms with Crippen LogP contribution >= 0.6 is 0 Å². The molecule has 1 atom stereocenters. The first-order valence-corrected chi connectivity index (χ1v) is 11.5.